The maximum absolute atomic E-state index is 12.6. The molecule has 0 saturated carbocycles. The van der Waals surface area contributed by atoms with Gasteiger partial charge in [0.1, 0.15) is 16.4 Å². The van der Waals surface area contributed by atoms with E-state index in [2.05, 4.69) is 20.3 Å². The number of carbonyl (C=O) groups is 1. The molecule has 0 unspecified atom stereocenters. The third-order valence-corrected chi connectivity index (χ3v) is 6.30. The molecule has 178 valence electrons. The van der Waals surface area contributed by atoms with Crippen LogP contribution in [0.2, 0.25) is 0 Å². The molecule has 0 atom stereocenters. The summed E-state index contributed by atoms with van der Waals surface area (Å²) >= 11 is 1.58. The van der Waals surface area contributed by atoms with Crippen LogP contribution < -0.4 is 5.32 Å². The largest absolute Gasteiger partial charge is 0.462 e. The SMILES string of the molecule is CCOC(=O)c1cnc(-c2cccc(C)c2)nc1Nc1cccc(-c2csc(-c3ccncc3)n2)c1. The number of aromatic nitrogens is 4. The van der Waals surface area contributed by atoms with Crippen molar-refractivity contribution in [1.82, 2.24) is 19.9 Å². The first-order valence-corrected chi connectivity index (χ1v) is 12.3. The van der Waals surface area contributed by atoms with Crippen molar-refractivity contribution in [2.75, 3.05) is 11.9 Å². The molecule has 0 aliphatic carbocycles. The summed E-state index contributed by atoms with van der Waals surface area (Å²) in [4.78, 5) is 30.6. The first-order valence-electron chi connectivity index (χ1n) is 11.5. The van der Waals surface area contributed by atoms with Crippen molar-refractivity contribution in [3.05, 3.63) is 95.8 Å². The molecule has 0 spiro atoms. The van der Waals surface area contributed by atoms with Crippen LogP contribution in [0.3, 0.4) is 0 Å². The third-order valence-electron chi connectivity index (χ3n) is 5.41. The maximum Gasteiger partial charge on any atom is 0.343 e. The second-order valence-corrected chi connectivity index (χ2v) is 8.88. The minimum atomic E-state index is -0.478. The van der Waals surface area contributed by atoms with Gasteiger partial charge in [-0.05, 0) is 44.2 Å². The number of hydrogen-bond donors (Lipinski definition) is 1. The third kappa shape index (κ3) is 5.13. The molecule has 0 fully saturated rings. The van der Waals surface area contributed by atoms with Gasteiger partial charge in [-0.2, -0.15) is 0 Å². The lowest BCUT2D eigenvalue weighted by molar-refractivity contribution is 0.0526. The number of thiazole rings is 1. The van der Waals surface area contributed by atoms with Crippen LogP contribution in [-0.4, -0.2) is 32.5 Å². The lowest BCUT2D eigenvalue weighted by Crippen LogP contribution is -2.11. The van der Waals surface area contributed by atoms with E-state index < -0.39 is 5.97 Å². The van der Waals surface area contributed by atoms with E-state index in [0.29, 0.717) is 11.6 Å². The van der Waals surface area contributed by atoms with E-state index in [-0.39, 0.29) is 12.2 Å². The molecule has 0 radical (unpaired) electrons. The first-order chi connectivity index (χ1) is 17.6. The van der Waals surface area contributed by atoms with Crippen molar-refractivity contribution >= 4 is 28.8 Å². The van der Waals surface area contributed by atoms with Crippen LogP contribution in [0.25, 0.3) is 33.2 Å². The van der Waals surface area contributed by atoms with Crippen LogP contribution in [0.5, 0.6) is 0 Å². The van der Waals surface area contributed by atoms with Crippen LogP contribution in [0, 0.1) is 6.92 Å². The number of anilines is 2. The monoisotopic (exact) mass is 493 g/mol. The number of nitrogens with one attached hydrogen (secondary N) is 1. The second-order valence-electron chi connectivity index (χ2n) is 8.03. The molecule has 5 rings (SSSR count). The smallest absolute Gasteiger partial charge is 0.343 e. The van der Waals surface area contributed by atoms with Gasteiger partial charge in [-0.25, -0.2) is 19.7 Å². The van der Waals surface area contributed by atoms with Crippen LogP contribution in [0.15, 0.2) is 84.6 Å². The molecule has 0 amide bonds. The van der Waals surface area contributed by atoms with E-state index in [9.17, 15) is 4.79 Å². The number of pyridine rings is 1. The number of carbonyl (C=O) groups excluding carboxylic acids is 1. The lowest BCUT2D eigenvalue weighted by Gasteiger charge is -2.13. The van der Waals surface area contributed by atoms with Gasteiger partial charge in [0.05, 0.1) is 12.3 Å². The number of nitrogens with zero attached hydrogens (tertiary/aromatic N) is 4. The van der Waals surface area contributed by atoms with E-state index in [1.54, 1.807) is 30.7 Å². The number of rotatable bonds is 7. The molecule has 0 aliphatic heterocycles. The predicted molar refractivity (Wildman–Crippen MR) is 142 cm³/mol. The zero-order valence-electron chi connectivity index (χ0n) is 19.8. The number of benzene rings is 2. The Morgan fingerprint density at radius 2 is 1.78 bits per heavy atom. The Bertz CT molecular complexity index is 1520. The molecule has 36 heavy (non-hydrogen) atoms. The predicted octanol–water partition coefficient (Wildman–Crippen LogP) is 6.56. The standard InChI is InChI=1S/C28H23N5O2S/c1-3-35-28(34)23-16-30-25(21-8-4-6-18(2)14-21)33-26(23)31-22-9-5-7-20(15-22)24-17-36-27(32-24)19-10-12-29-13-11-19/h4-17H,3H2,1-2H3,(H,30,31,33). The molecule has 7 nitrogen and oxygen atoms in total. The van der Waals surface area contributed by atoms with Crippen LogP contribution in [-0.2, 0) is 4.74 Å². The molecule has 0 aliphatic rings. The highest BCUT2D eigenvalue weighted by molar-refractivity contribution is 7.13. The van der Waals surface area contributed by atoms with Crippen LogP contribution in [0.4, 0.5) is 11.5 Å². The van der Waals surface area contributed by atoms with Gasteiger partial charge in [0.15, 0.2) is 5.82 Å². The zero-order valence-corrected chi connectivity index (χ0v) is 20.6. The number of ether oxygens (including phenoxy) is 1. The molecule has 1 N–H and O–H groups in total. The summed E-state index contributed by atoms with van der Waals surface area (Å²) in [7, 11) is 0. The van der Waals surface area contributed by atoms with E-state index >= 15 is 0 Å². The second kappa shape index (κ2) is 10.5. The molecule has 2 aromatic carbocycles. The molecule has 0 bridgehead atoms. The Hall–Kier alpha value is -4.43. The van der Waals surface area contributed by atoms with Crippen molar-refractivity contribution in [2.45, 2.75) is 13.8 Å². The van der Waals surface area contributed by atoms with Crippen molar-refractivity contribution in [1.29, 1.82) is 0 Å². The van der Waals surface area contributed by atoms with Gasteiger partial charge >= 0.3 is 5.97 Å². The highest BCUT2D eigenvalue weighted by Crippen LogP contribution is 2.31. The fourth-order valence-corrected chi connectivity index (χ4v) is 4.52. The van der Waals surface area contributed by atoms with E-state index in [1.807, 2.05) is 73.0 Å². The summed E-state index contributed by atoms with van der Waals surface area (Å²) in [5.74, 6) is 0.424. The van der Waals surface area contributed by atoms with E-state index in [1.165, 1.54) is 6.20 Å². The minimum absolute atomic E-state index is 0.261. The van der Waals surface area contributed by atoms with Crippen LogP contribution >= 0.6 is 11.3 Å². The average Bonchev–Trinajstić information content (AvgIpc) is 3.40. The van der Waals surface area contributed by atoms with Gasteiger partial charge in [-0.3, -0.25) is 4.98 Å². The quantitative estimate of drug-likeness (QED) is 0.257. The summed E-state index contributed by atoms with van der Waals surface area (Å²) in [5.41, 5.74) is 5.85. The zero-order chi connectivity index (χ0) is 24.9. The van der Waals surface area contributed by atoms with Crippen molar-refractivity contribution < 1.29 is 9.53 Å². The fourth-order valence-electron chi connectivity index (χ4n) is 3.68. The Balaban J connectivity index is 1.48. The normalized spacial score (nSPS) is 10.7. The minimum Gasteiger partial charge on any atom is -0.462 e. The van der Waals surface area contributed by atoms with Crippen LogP contribution in [0.1, 0.15) is 22.8 Å². The van der Waals surface area contributed by atoms with Gasteiger partial charge in [0.2, 0.25) is 0 Å². The molecule has 5 aromatic rings. The summed E-state index contributed by atoms with van der Waals surface area (Å²) in [6.07, 6.45) is 5.03. The Kier molecular flexibility index (Phi) is 6.77. The Labute approximate surface area is 212 Å². The van der Waals surface area contributed by atoms with Crippen molar-refractivity contribution in [2.24, 2.45) is 0 Å². The molecule has 3 heterocycles. The summed E-state index contributed by atoms with van der Waals surface area (Å²) in [6.45, 7) is 4.04. The highest BCUT2D eigenvalue weighted by Gasteiger charge is 2.17. The van der Waals surface area contributed by atoms with Gasteiger partial charge in [0.25, 0.3) is 0 Å². The summed E-state index contributed by atoms with van der Waals surface area (Å²) in [6, 6.07) is 19.6. The first kappa shape index (κ1) is 23.3. The average molecular weight is 494 g/mol. The lowest BCUT2D eigenvalue weighted by atomic mass is 10.1. The molecule has 0 saturated heterocycles. The fraction of sp³-hybridized carbons (Fsp3) is 0.107. The highest BCUT2D eigenvalue weighted by atomic mass is 32.1. The Morgan fingerprint density at radius 3 is 2.58 bits per heavy atom. The van der Waals surface area contributed by atoms with Crippen molar-refractivity contribution in [3.8, 4) is 33.2 Å². The van der Waals surface area contributed by atoms with Crippen molar-refractivity contribution in [3.63, 3.8) is 0 Å². The number of hydrogen-bond acceptors (Lipinski definition) is 8. The summed E-state index contributed by atoms with van der Waals surface area (Å²) < 4.78 is 5.24. The van der Waals surface area contributed by atoms with E-state index in [4.69, 9.17) is 9.72 Å². The van der Waals surface area contributed by atoms with E-state index in [0.717, 1.165) is 38.6 Å². The molecular weight excluding hydrogens is 470 g/mol. The molecular formula is C28H23N5O2S. The van der Waals surface area contributed by atoms with Gasteiger partial charge < -0.3 is 10.1 Å². The molecule has 3 aromatic heterocycles. The van der Waals surface area contributed by atoms with Gasteiger partial charge in [0, 0.05) is 46.3 Å². The topological polar surface area (TPSA) is 89.9 Å². The van der Waals surface area contributed by atoms with Gasteiger partial charge in [-0.15, -0.1) is 11.3 Å². The Morgan fingerprint density at radius 1 is 0.972 bits per heavy atom. The van der Waals surface area contributed by atoms with Gasteiger partial charge in [-0.1, -0.05) is 35.9 Å². The number of aryl methyl sites for hydroxylation is 1. The molecule has 8 heteroatoms. The summed E-state index contributed by atoms with van der Waals surface area (Å²) in [5, 5.41) is 6.25. The number of esters is 1. The maximum atomic E-state index is 12.6.